The minimum absolute atomic E-state index is 0.0571. The molecule has 1 aliphatic rings. The first-order valence-electron chi connectivity index (χ1n) is 8.23. The normalized spacial score (nSPS) is 15.0. The van der Waals surface area contributed by atoms with Gasteiger partial charge in [0.15, 0.2) is 0 Å². The van der Waals surface area contributed by atoms with Crippen molar-refractivity contribution >= 4 is 21.9 Å². The van der Waals surface area contributed by atoms with Gasteiger partial charge >= 0.3 is 5.97 Å². The minimum atomic E-state index is -0.0571. The lowest BCUT2D eigenvalue weighted by molar-refractivity contribution is -0.147. The predicted octanol–water partition coefficient (Wildman–Crippen LogP) is 4.89. The third-order valence-electron chi connectivity index (χ3n) is 3.44. The van der Waals surface area contributed by atoms with Crippen LogP contribution in [0, 0.1) is 5.92 Å². The van der Waals surface area contributed by atoms with Crippen molar-refractivity contribution in [1.29, 1.82) is 0 Å². The molecular formula is C18H30BrNO2. The van der Waals surface area contributed by atoms with Crippen molar-refractivity contribution in [3.05, 3.63) is 34.3 Å². The van der Waals surface area contributed by atoms with Crippen molar-refractivity contribution in [2.75, 3.05) is 20.2 Å². The average Bonchev–Trinajstić information content (AvgIpc) is 2.60. The van der Waals surface area contributed by atoms with E-state index in [9.17, 15) is 4.79 Å². The second-order valence-corrected chi connectivity index (χ2v) is 5.62. The molecule has 1 fully saturated rings. The van der Waals surface area contributed by atoms with Gasteiger partial charge in [-0.15, -0.1) is 0 Å². The smallest absolute Gasteiger partial charge is 0.308 e. The van der Waals surface area contributed by atoms with Crippen molar-refractivity contribution in [1.82, 2.24) is 4.90 Å². The van der Waals surface area contributed by atoms with Crippen LogP contribution < -0.4 is 0 Å². The van der Waals surface area contributed by atoms with E-state index in [0.29, 0.717) is 0 Å². The Morgan fingerprint density at radius 1 is 1.14 bits per heavy atom. The first-order chi connectivity index (χ1) is 10.7. The van der Waals surface area contributed by atoms with Crippen molar-refractivity contribution in [2.45, 2.75) is 47.1 Å². The molecule has 0 unspecified atom stereocenters. The molecular weight excluding hydrogens is 342 g/mol. The van der Waals surface area contributed by atoms with Gasteiger partial charge in [-0.3, -0.25) is 9.69 Å². The Morgan fingerprint density at radius 3 is 2.09 bits per heavy atom. The molecule has 126 valence electrons. The zero-order valence-electron chi connectivity index (χ0n) is 14.6. The number of piperidine rings is 1. The first-order valence-corrected chi connectivity index (χ1v) is 9.03. The highest BCUT2D eigenvalue weighted by molar-refractivity contribution is 9.10. The van der Waals surface area contributed by atoms with Crippen molar-refractivity contribution in [2.24, 2.45) is 5.92 Å². The molecule has 1 saturated heterocycles. The lowest BCUT2D eigenvalue weighted by Crippen LogP contribution is -2.36. The third-order valence-corrected chi connectivity index (χ3v) is 3.97. The Labute approximate surface area is 144 Å². The van der Waals surface area contributed by atoms with Gasteiger partial charge in [-0.2, -0.15) is 0 Å². The zero-order chi connectivity index (χ0) is 17.0. The van der Waals surface area contributed by atoms with Gasteiger partial charge in [0.1, 0.15) is 0 Å². The van der Waals surface area contributed by atoms with Crippen LogP contribution >= 0.6 is 15.9 Å². The Hall–Kier alpha value is -0.870. The Bertz CT molecular complexity index is 398. The number of halogens is 1. The number of hydrogen-bond donors (Lipinski definition) is 0. The van der Waals surface area contributed by atoms with Crippen LogP contribution in [0.4, 0.5) is 0 Å². The third kappa shape index (κ3) is 7.41. The summed E-state index contributed by atoms with van der Waals surface area (Å²) in [4.78, 5) is 13.8. The molecule has 1 aromatic rings. The fraction of sp³-hybridized carbons (Fsp3) is 0.611. The number of rotatable bonds is 3. The maximum absolute atomic E-state index is 11.4. The maximum atomic E-state index is 11.4. The topological polar surface area (TPSA) is 29.5 Å². The van der Waals surface area contributed by atoms with Gasteiger partial charge in [-0.25, -0.2) is 0 Å². The molecule has 1 aromatic carbocycles. The van der Waals surface area contributed by atoms with E-state index in [0.717, 1.165) is 36.9 Å². The monoisotopic (exact) mass is 371 g/mol. The quantitative estimate of drug-likeness (QED) is 0.708. The van der Waals surface area contributed by atoms with Crippen LogP contribution in [0.25, 0.3) is 0 Å². The molecule has 0 bridgehead atoms. The number of methoxy groups -OCH3 is 1. The van der Waals surface area contributed by atoms with Crippen LogP contribution in [-0.4, -0.2) is 31.1 Å². The van der Waals surface area contributed by atoms with E-state index in [2.05, 4.69) is 45.1 Å². The molecule has 0 saturated carbocycles. The van der Waals surface area contributed by atoms with Crippen LogP contribution in [0.2, 0.25) is 0 Å². The molecule has 0 aliphatic carbocycles. The summed E-state index contributed by atoms with van der Waals surface area (Å²) in [5.41, 5.74) is 1.31. The first kappa shape index (κ1) is 21.1. The van der Waals surface area contributed by atoms with Gasteiger partial charge in [-0.1, -0.05) is 55.8 Å². The fourth-order valence-corrected chi connectivity index (χ4v) is 2.61. The van der Waals surface area contributed by atoms with Crippen molar-refractivity contribution in [3.8, 4) is 0 Å². The van der Waals surface area contributed by atoms with Gasteiger partial charge in [0.05, 0.1) is 13.0 Å². The number of carbonyl (C=O) groups excluding carboxylic acids is 1. The van der Waals surface area contributed by atoms with Crippen LogP contribution in [0.3, 0.4) is 0 Å². The van der Waals surface area contributed by atoms with E-state index in [1.165, 1.54) is 12.7 Å². The Morgan fingerprint density at radius 2 is 1.64 bits per heavy atom. The number of hydrogen-bond acceptors (Lipinski definition) is 3. The van der Waals surface area contributed by atoms with Gasteiger partial charge in [0.2, 0.25) is 0 Å². The van der Waals surface area contributed by atoms with E-state index >= 15 is 0 Å². The summed E-state index contributed by atoms with van der Waals surface area (Å²) in [6.07, 6.45) is 1.81. The van der Waals surface area contributed by atoms with E-state index in [1.54, 1.807) is 0 Å². The lowest BCUT2D eigenvalue weighted by atomic mass is 9.97. The summed E-state index contributed by atoms with van der Waals surface area (Å²) < 4.78 is 5.90. The van der Waals surface area contributed by atoms with E-state index in [4.69, 9.17) is 4.74 Å². The molecule has 0 atom stereocenters. The molecule has 0 spiro atoms. The fourth-order valence-electron chi connectivity index (χ4n) is 2.34. The number of likely N-dealkylation sites (tertiary alicyclic amines) is 1. The molecule has 3 nitrogen and oxygen atoms in total. The summed E-state index contributed by atoms with van der Waals surface area (Å²) in [5, 5.41) is 0. The van der Waals surface area contributed by atoms with E-state index in [1.807, 2.05) is 27.7 Å². The Balaban J connectivity index is 0.00000102. The molecule has 0 N–H and O–H groups in total. The van der Waals surface area contributed by atoms with Crippen LogP contribution in [0.1, 0.15) is 46.1 Å². The van der Waals surface area contributed by atoms with Crippen LogP contribution in [-0.2, 0) is 16.1 Å². The highest BCUT2D eigenvalue weighted by atomic mass is 79.9. The number of nitrogens with zero attached hydrogens (tertiary/aromatic N) is 1. The highest BCUT2D eigenvalue weighted by Crippen LogP contribution is 2.20. The molecule has 1 heterocycles. The van der Waals surface area contributed by atoms with Crippen LogP contribution in [0.15, 0.2) is 28.7 Å². The predicted molar refractivity (Wildman–Crippen MR) is 96.9 cm³/mol. The van der Waals surface area contributed by atoms with Crippen LogP contribution in [0.5, 0.6) is 0 Å². The van der Waals surface area contributed by atoms with Gasteiger partial charge in [0.25, 0.3) is 0 Å². The maximum Gasteiger partial charge on any atom is 0.308 e. The summed E-state index contributed by atoms with van der Waals surface area (Å²) in [5.74, 6) is 0.0365. The molecule has 0 amide bonds. The SMILES string of the molecule is CC.CC.COC(=O)C1CCN(Cc2ccc(Br)cc2)CC1. The summed E-state index contributed by atoms with van der Waals surface area (Å²) in [6.45, 7) is 10.9. The second kappa shape index (κ2) is 12.7. The van der Waals surface area contributed by atoms with Gasteiger partial charge < -0.3 is 4.74 Å². The molecule has 22 heavy (non-hydrogen) atoms. The molecule has 0 radical (unpaired) electrons. The average molecular weight is 372 g/mol. The van der Waals surface area contributed by atoms with Crippen molar-refractivity contribution < 1.29 is 9.53 Å². The lowest BCUT2D eigenvalue weighted by Gasteiger charge is -2.30. The zero-order valence-corrected chi connectivity index (χ0v) is 16.1. The second-order valence-electron chi connectivity index (χ2n) is 4.70. The standard InChI is InChI=1S/C14H18BrNO2.2C2H6/c1-18-14(17)12-6-8-16(9-7-12)10-11-2-4-13(15)5-3-11;2*1-2/h2-5,12H,6-10H2,1H3;2*1-2H3. The summed E-state index contributed by atoms with van der Waals surface area (Å²) in [6, 6.07) is 8.40. The molecule has 4 heteroatoms. The van der Waals surface area contributed by atoms with Crippen molar-refractivity contribution in [3.63, 3.8) is 0 Å². The van der Waals surface area contributed by atoms with Gasteiger partial charge in [0, 0.05) is 11.0 Å². The largest absolute Gasteiger partial charge is 0.469 e. The van der Waals surface area contributed by atoms with E-state index in [-0.39, 0.29) is 11.9 Å². The number of ether oxygens (including phenoxy) is 1. The Kier molecular flexibility index (Phi) is 12.2. The number of benzene rings is 1. The minimum Gasteiger partial charge on any atom is -0.469 e. The molecule has 1 aliphatic heterocycles. The number of esters is 1. The summed E-state index contributed by atoms with van der Waals surface area (Å²) in [7, 11) is 1.47. The summed E-state index contributed by atoms with van der Waals surface area (Å²) >= 11 is 3.44. The highest BCUT2D eigenvalue weighted by Gasteiger charge is 2.25. The van der Waals surface area contributed by atoms with Gasteiger partial charge in [-0.05, 0) is 43.6 Å². The number of carbonyl (C=O) groups is 1. The molecule has 0 aromatic heterocycles. The molecule has 2 rings (SSSR count). The van der Waals surface area contributed by atoms with E-state index < -0.39 is 0 Å².